The van der Waals surface area contributed by atoms with E-state index in [-0.39, 0.29) is 23.3 Å². The Labute approximate surface area is 285 Å². The minimum Gasteiger partial charge on any atom is -0.487 e. The van der Waals surface area contributed by atoms with E-state index in [9.17, 15) is 18.3 Å². The van der Waals surface area contributed by atoms with Crippen molar-refractivity contribution in [2.45, 2.75) is 76.3 Å². The predicted octanol–water partition coefficient (Wildman–Crippen LogP) is 5.82. The topological polar surface area (TPSA) is 99.2 Å². The normalized spacial score (nSPS) is 28.6. The standard InChI is InChI=1S/C37H48ClN3O5S/c1-26-10-9-19-37(43,18-6-8-20-40(3)4)33-16-13-30(33)24-41-21-7-5-11-28-22-32(38)15-12-31(28)25-46-35-17-14-29(23-34(35)41)36(42)39-47(44,45)27(26)2/h9,12,14-15,17,19,22-23,26-27,30,33,43H,5,7-8,10-11,13,16,20-21,24-25H2,1-4H3,(H,39,42)/b19-9+/t26-,27+,30-,33+,37-/m0/s1. The van der Waals surface area contributed by atoms with Crippen LogP contribution in [0.4, 0.5) is 5.69 Å². The third kappa shape index (κ3) is 8.53. The Morgan fingerprint density at radius 1 is 1.13 bits per heavy atom. The Bertz CT molecular complexity index is 1650. The average Bonchev–Trinajstić information content (AvgIpc) is 3.03. The largest absolute Gasteiger partial charge is 0.487 e. The Balaban J connectivity index is 1.56. The van der Waals surface area contributed by atoms with Crippen molar-refractivity contribution in [1.29, 1.82) is 0 Å². The summed E-state index contributed by atoms with van der Waals surface area (Å²) in [6, 6.07) is 11.0. The first-order valence-corrected chi connectivity index (χ1v) is 18.7. The van der Waals surface area contributed by atoms with Crippen LogP contribution in [-0.4, -0.2) is 68.9 Å². The van der Waals surface area contributed by atoms with Crippen molar-refractivity contribution in [1.82, 2.24) is 9.62 Å². The summed E-state index contributed by atoms with van der Waals surface area (Å²) in [5.41, 5.74) is 1.87. The first-order valence-electron chi connectivity index (χ1n) is 16.8. The van der Waals surface area contributed by atoms with Gasteiger partial charge in [-0.05, 0) is 119 Å². The number of sulfonamides is 1. The van der Waals surface area contributed by atoms with Crippen LogP contribution in [0, 0.1) is 29.6 Å². The molecule has 5 atom stereocenters. The van der Waals surface area contributed by atoms with E-state index in [1.165, 1.54) is 0 Å². The molecular weight excluding hydrogens is 634 g/mol. The molecule has 1 saturated carbocycles. The molecule has 0 aromatic heterocycles. The number of aliphatic hydroxyl groups is 1. The molecule has 1 amide bonds. The number of hydrogen-bond donors (Lipinski definition) is 2. The van der Waals surface area contributed by atoms with Crippen molar-refractivity contribution in [2.75, 3.05) is 38.6 Å². The number of hydrogen-bond acceptors (Lipinski definition) is 7. The van der Waals surface area contributed by atoms with E-state index < -0.39 is 26.8 Å². The fourth-order valence-corrected chi connectivity index (χ4v) is 8.19. The number of nitrogens with one attached hydrogen (secondary N) is 1. The highest BCUT2D eigenvalue weighted by Crippen LogP contribution is 2.45. The lowest BCUT2D eigenvalue weighted by molar-refractivity contribution is -0.00298. The number of halogens is 1. The zero-order valence-electron chi connectivity index (χ0n) is 28.0. The maximum Gasteiger partial charge on any atom is 0.264 e. The Morgan fingerprint density at radius 3 is 2.68 bits per heavy atom. The highest BCUT2D eigenvalue weighted by molar-refractivity contribution is 7.90. The summed E-state index contributed by atoms with van der Waals surface area (Å²) in [4.78, 5) is 17.8. The van der Waals surface area contributed by atoms with Crippen molar-refractivity contribution in [2.24, 2.45) is 17.8 Å². The van der Waals surface area contributed by atoms with E-state index >= 15 is 0 Å². The van der Waals surface area contributed by atoms with E-state index in [4.69, 9.17) is 16.3 Å². The molecular formula is C37H48ClN3O5S. The van der Waals surface area contributed by atoms with Gasteiger partial charge in [0, 0.05) is 42.6 Å². The molecule has 5 rings (SSSR count). The molecule has 0 radical (unpaired) electrons. The SMILES string of the molecule is C[C@@H]1[C@@H](C)C/C=C/[C@@](O)(C#CCCN(C)C)[C@@H]2CC[C@H]2CN2CCCCc3cc(Cl)ccc3COc3ccc(cc32)C(=O)NS1(=O)=O. The van der Waals surface area contributed by atoms with Gasteiger partial charge in [-0.1, -0.05) is 42.5 Å². The second-order valence-corrected chi connectivity index (χ2v) is 16.2. The number of aryl methyl sites for hydroxylation is 1. The molecule has 0 unspecified atom stereocenters. The number of ether oxygens (including phenoxy) is 1. The van der Waals surface area contributed by atoms with Gasteiger partial charge < -0.3 is 19.6 Å². The summed E-state index contributed by atoms with van der Waals surface area (Å²) < 4.78 is 35.5. The maximum atomic E-state index is 13.4. The molecule has 3 aliphatic rings. The fraction of sp³-hybridized carbons (Fsp3) is 0.541. The average molecular weight is 682 g/mol. The molecule has 2 aliphatic heterocycles. The highest BCUT2D eigenvalue weighted by atomic mass is 35.5. The monoisotopic (exact) mass is 681 g/mol. The third-order valence-electron chi connectivity index (χ3n) is 10.1. The smallest absolute Gasteiger partial charge is 0.264 e. The minimum atomic E-state index is -3.98. The molecule has 2 aromatic carbocycles. The van der Waals surface area contributed by atoms with E-state index in [1.807, 2.05) is 45.3 Å². The van der Waals surface area contributed by atoms with Gasteiger partial charge in [0.05, 0.1) is 10.9 Å². The lowest BCUT2D eigenvalue weighted by atomic mass is 9.64. The van der Waals surface area contributed by atoms with E-state index in [2.05, 4.69) is 26.4 Å². The first kappa shape index (κ1) is 35.3. The van der Waals surface area contributed by atoms with Crippen LogP contribution in [0.25, 0.3) is 0 Å². The number of nitrogens with zero attached hydrogens (tertiary/aromatic N) is 2. The first-order chi connectivity index (χ1) is 22.4. The van der Waals surface area contributed by atoms with Crippen molar-refractivity contribution in [3.05, 3.63) is 70.3 Å². The summed E-state index contributed by atoms with van der Waals surface area (Å²) in [6.45, 7) is 5.94. The van der Waals surface area contributed by atoms with E-state index in [1.54, 1.807) is 31.2 Å². The minimum absolute atomic E-state index is 0.0876. The lowest BCUT2D eigenvalue weighted by Crippen LogP contribution is -2.49. The number of amides is 1. The molecule has 1 fully saturated rings. The van der Waals surface area contributed by atoms with Gasteiger partial charge in [0.15, 0.2) is 0 Å². The van der Waals surface area contributed by atoms with Gasteiger partial charge in [0.2, 0.25) is 10.0 Å². The summed E-state index contributed by atoms with van der Waals surface area (Å²) in [7, 11) is 0.0171. The number of anilines is 1. The number of carbonyl (C=O) groups is 1. The number of fused-ring (bicyclic) bond motifs is 3. The molecule has 10 heteroatoms. The molecule has 1 aliphatic carbocycles. The van der Waals surface area contributed by atoms with Crippen molar-refractivity contribution >= 4 is 33.2 Å². The van der Waals surface area contributed by atoms with Gasteiger partial charge in [0.25, 0.3) is 5.91 Å². The van der Waals surface area contributed by atoms with Gasteiger partial charge in [-0.15, -0.1) is 0 Å². The predicted molar refractivity (Wildman–Crippen MR) is 188 cm³/mol. The Morgan fingerprint density at radius 2 is 1.94 bits per heavy atom. The maximum absolute atomic E-state index is 13.4. The van der Waals surface area contributed by atoms with Crippen LogP contribution in [0.15, 0.2) is 48.6 Å². The van der Waals surface area contributed by atoms with Crippen LogP contribution in [0.2, 0.25) is 5.02 Å². The van der Waals surface area contributed by atoms with Gasteiger partial charge in [-0.25, -0.2) is 13.1 Å². The van der Waals surface area contributed by atoms with Crippen LogP contribution in [0.1, 0.15) is 73.9 Å². The second-order valence-electron chi connectivity index (χ2n) is 13.7. The molecule has 0 spiro atoms. The molecule has 0 saturated heterocycles. The van der Waals surface area contributed by atoms with Gasteiger partial charge in [0.1, 0.15) is 18.0 Å². The Hall–Kier alpha value is -3.03. The van der Waals surface area contributed by atoms with Crippen LogP contribution in [0.3, 0.4) is 0 Å². The van der Waals surface area contributed by atoms with Gasteiger partial charge in [-0.2, -0.15) is 0 Å². The van der Waals surface area contributed by atoms with E-state index in [0.29, 0.717) is 43.3 Å². The molecule has 2 bridgehead atoms. The Kier molecular flexibility index (Phi) is 11.3. The van der Waals surface area contributed by atoms with E-state index in [0.717, 1.165) is 55.5 Å². The van der Waals surface area contributed by atoms with Crippen LogP contribution >= 0.6 is 11.6 Å². The van der Waals surface area contributed by atoms with Crippen LogP contribution < -0.4 is 14.4 Å². The molecule has 2 N–H and O–H groups in total. The summed E-state index contributed by atoms with van der Waals surface area (Å²) >= 11 is 6.34. The van der Waals surface area contributed by atoms with Crippen molar-refractivity contribution in [3.8, 4) is 17.6 Å². The molecule has 2 heterocycles. The number of benzene rings is 2. The van der Waals surface area contributed by atoms with Crippen LogP contribution in [0.5, 0.6) is 5.75 Å². The highest BCUT2D eigenvalue weighted by Gasteiger charge is 2.45. The summed E-state index contributed by atoms with van der Waals surface area (Å²) in [6.07, 6.45) is 9.19. The number of rotatable bonds is 2. The molecule has 8 nitrogen and oxygen atoms in total. The fourth-order valence-electron chi connectivity index (χ4n) is 6.71. The molecule has 2 aromatic rings. The van der Waals surface area contributed by atoms with Gasteiger partial charge in [-0.3, -0.25) is 4.79 Å². The van der Waals surface area contributed by atoms with Crippen LogP contribution in [-0.2, 0) is 23.1 Å². The molecule has 47 heavy (non-hydrogen) atoms. The second kappa shape index (κ2) is 15.0. The van der Waals surface area contributed by atoms with Crippen molar-refractivity contribution in [3.63, 3.8) is 0 Å². The van der Waals surface area contributed by atoms with Crippen molar-refractivity contribution < 1.29 is 23.1 Å². The quantitative estimate of drug-likeness (QED) is 0.305. The summed E-state index contributed by atoms with van der Waals surface area (Å²) in [5.74, 6) is 6.17. The van der Waals surface area contributed by atoms with Gasteiger partial charge >= 0.3 is 0 Å². The zero-order chi connectivity index (χ0) is 33.8. The number of carbonyl (C=O) groups excluding carboxylic acids is 1. The zero-order valence-corrected chi connectivity index (χ0v) is 29.5. The number of allylic oxidation sites excluding steroid dienone is 1. The molecule has 254 valence electrons. The summed E-state index contributed by atoms with van der Waals surface area (Å²) in [5, 5.41) is 12.0. The third-order valence-corrected chi connectivity index (χ3v) is 12.2. The lowest BCUT2D eigenvalue weighted by Gasteiger charge is -2.46.